The highest BCUT2D eigenvalue weighted by Gasteiger charge is 2.07. The third-order valence-electron chi connectivity index (χ3n) is 2.56. The predicted molar refractivity (Wildman–Crippen MR) is 60.8 cm³/mol. The molecule has 2 heterocycles. The zero-order chi connectivity index (χ0) is 11.4. The smallest absolute Gasteiger partial charge is 0.138 e. The Hall–Kier alpha value is -1.68. The summed E-state index contributed by atoms with van der Waals surface area (Å²) in [5.41, 5.74) is 3.33. The van der Waals surface area contributed by atoms with Gasteiger partial charge in [-0.3, -0.25) is 4.98 Å². The minimum absolute atomic E-state index is 0.781. The molecular formula is C12H15N3O. The second-order valence-electron chi connectivity index (χ2n) is 3.76. The van der Waals surface area contributed by atoms with Crippen LogP contribution < -0.4 is 5.32 Å². The highest BCUT2D eigenvalue weighted by molar-refractivity contribution is 5.20. The van der Waals surface area contributed by atoms with Crippen molar-refractivity contribution < 1.29 is 4.52 Å². The number of nitrogens with one attached hydrogen (secondary N) is 1. The molecule has 0 spiro atoms. The lowest BCUT2D eigenvalue weighted by Gasteiger charge is -2.03. The quantitative estimate of drug-likeness (QED) is 0.850. The second kappa shape index (κ2) is 4.90. The van der Waals surface area contributed by atoms with Crippen molar-refractivity contribution in [2.75, 3.05) is 0 Å². The molecule has 0 saturated carbocycles. The summed E-state index contributed by atoms with van der Waals surface area (Å²) < 4.78 is 5.10. The molecule has 2 rings (SSSR count). The summed E-state index contributed by atoms with van der Waals surface area (Å²) in [6.07, 6.45) is 3.60. The van der Waals surface area contributed by atoms with Crippen LogP contribution in [0.1, 0.15) is 22.6 Å². The van der Waals surface area contributed by atoms with Crippen LogP contribution in [0.4, 0.5) is 0 Å². The molecule has 16 heavy (non-hydrogen) atoms. The zero-order valence-electron chi connectivity index (χ0n) is 9.53. The molecular weight excluding hydrogens is 202 g/mol. The van der Waals surface area contributed by atoms with Gasteiger partial charge >= 0.3 is 0 Å². The molecule has 0 unspecified atom stereocenters. The Kier molecular flexibility index (Phi) is 3.31. The molecule has 0 aliphatic rings. The molecule has 0 radical (unpaired) electrons. The van der Waals surface area contributed by atoms with Crippen molar-refractivity contribution in [1.82, 2.24) is 15.5 Å². The highest BCUT2D eigenvalue weighted by atomic mass is 16.5. The Morgan fingerprint density at radius 3 is 2.56 bits per heavy atom. The van der Waals surface area contributed by atoms with Crippen molar-refractivity contribution in [3.8, 4) is 0 Å². The number of pyridine rings is 1. The van der Waals surface area contributed by atoms with E-state index in [9.17, 15) is 0 Å². The van der Waals surface area contributed by atoms with Crippen molar-refractivity contribution in [3.63, 3.8) is 0 Å². The van der Waals surface area contributed by atoms with Gasteiger partial charge in [0, 0.05) is 31.0 Å². The van der Waals surface area contributed by atoms with Crippen LogP contribution in [0.25, 0.3) is 0 Å². The average molecular weight is 217 g/mol. The molecule has 0 aliphatic carbocycles. The molecule has 2 aromatic heterocycles. The van der Waals surface area contributed by atoms with E-state index in [0.717, 1.165) is 30.1 Å². The summed E-state index contributed by atoms with van der Waals surface area (Å²) in [6.45, 7) is 5.50. The van der Waals surface area contributed by atoms with Crippen LogP contribution in [-0.2, 0) is 13.1 Å². The predicted octanol–water partition coefficient (Wildman–Crippen LogP) is 1.98. The van der Waals surface area contributed by atoms with E-state index in [1.807, 2.05) is 26.0 Å². The Morgan fingerprint density at radius 2 is 1.94 bits per heavy atom. The number of aryl methyl sites for hydroxylation is 2. The summed E-state index contributed by atoms with van der Waals surface area (Å²) in [5.74, 6) is 0.889. The van der Waals surface area contributed by atoms with Crippen LogP contribution in [0, 0.1) is 13.8 Å². The minimum atomic E-state index is 0.781. The minimum Gasteiger partial charge on any atom is -0.361 e. The topological polar surface area (TPSA) is 51.0 Å². The first-order chi connectivity index (χ1) is 7.77. The van der Waals surface area contributed by atoms with Crippen LogP contribution in [0.2, 0.25) is 0 Å². The van der Waals surface area contributed by atoms with Gasteiger partial charge in [-0.25, -0.2) is 0 Å². The lowest BCUT2D eigenvalue weighted by atomic mass is 10.2. The third-order valence-corrected chi connectivity index (χ3v) is 2.56. The zero-order valence-corrected chi connectivity index (χ0v) is 9.53. The first-order valence-corrected chi connectivity index (χ1v) is 5.28. The summed E-state index contributed by atoms with van der Waals surface area (Å²) in [6, 6.07) is 4.00. The van der Waals surface area contributed by atoms with Gasteiger partial charge in [0.15, 0.2) is 0 Å². The number of hydrogen-bond acceptors (Lipinski definition) is 4. The summed E-state index contributed by atoms with van der Waals surface area (Å²) >= 11 is 0. The molecule has 0 aromatic carbocycles. The van der Waals surface area contributed by atoms with Crippen LogP contribution in [0.3, 0.4) is 0 Å². The average Bonchev–Trinajstić information content (AvgIpc) is 2.62. The van der Waals surface area contributed by atoms with E-state index in [1.165, 1.54) is 5.56 Å². The van der Waals surface area contributed by atoms with Crippen LogP contribution in [-0.4, -0.2) is 10.1 Å². The number of rotatable bonds is 4. The molecule has 4 heteroatoms. The molecule has 84 valence electrons. The summed E-state index contributed by atoms with van der Waals surface area (Å²) in [7, 11) is 0. The van der Waals surface area contributed by atoms with E-state index in [4.69, 9.17) is 4.52 Å². The highest BCUT2D eigenvalue weighted by Crippen LogP contribution is 2.11. The van der Waals surface area contributed by atoms with E-state index < -0.39 is 0 Å². The number of aromatic nitrogens is 2. The fourth-order valence-corrected chi connectivity index (χ4v) is 1.59. The Balaban J connectivity index is 1.89. The molecule has 0 bridgehead atoms. The Bertz CT molecular complexity index is 431. The van der Waals surface area contributed by atoms with Crippen LogP contribution in [0.5, 0.6) is 0 Å². The monoisotopic (exact) mass is 217 g/mol. The standard InChI is InChI=1S/C12H15N3O/c1-9-12(10(2)16-15-9)8-14-7-11-3-5-13-6-4-11/h3-6,14H,7-8H2,1-2H3. The van der Waals surface area contributed by atoms with Gasteiger partial charge in [0.2, 0.25) is 0 Å². The van der Waals surface area contributed by atoms with Crippen molar-refractivity contribution in [1.29, 1.82) is 0 Å². The van der Waals surface area contributed by atoms with Crippen molar-refractivity contribution in [2.45, 2.75) is 26.9 Å². The molecule has 1 N–H and O–H groups in total. The van der Waals surface area contributed by atoms with Gasteiger partial charge in [-0.2, -0.15) is 0 Å². The molecule has 0 aliphatic heterocycles. The van der Waals surface area contributed by atoms with Gasteiger partial charge in [-0.15, -0.1) is 0 Å². The van der Waals surface area contributed by atoms with Gasteiger partial charge in [0.25, 0.3) is 0 Å². The maximum atomic E-state index is 5.10. The Morgan fingerprint density at radius 1 is 1.19 bits per heavy atom. The molecule has 4 nitrogen and oxygen atoms in total. The van der Waals surface area contributed by atoms with Crippen LogP contribution >= 0.6 is 0 Å². The Labute approximate surface area is 94.7 Å². The lowest BCUT2D eigenvalue weighted by Crippen LogP contribution is -2.13. The first-order valence-electron chi connectivity index (χ1n) is 5.28. The van der Waals surface area contributed by atoms with E-state index in [0.29, 0.717) is 0 Å². The molecule has 0 saturated heterocycles. The SMILES string of the molecule is Cc1noc(C)c1CNCc1ccncc1. The van der Waals surface area contributed by atoms with Crippen molar-refractivity contribution in [2.24, 2.45) is 0 Å². The second-order valence-corrected chi connectivity index (χ2v) is 3.76. The third kappa shape index (κ3) is 2.46. The number of nitrogens with zero attached hydrogens (tertiary/aromatic N) is 2. The van der Waals surface area contributed by atoms with E-state index in [2.05, 4.69) is 15.5 Å². The molecule has 0 atom stereocenters. The summed E-state index contributed by atoms with van der Waals surface area (Å²) in [4.78, 5) is 3.98. The fourth-order valence-electron chi connectivity index (χ4n) is 1.59. The van der Waals surface area contributed by atoms with Crippen molar-refractivity contribution in [3.05, 3.63) is 47.1 Å². The van der Waals surface area contributed by atoms with Crippen molar-refractivity contribution >= 4 is 0 Å². The van der Waals surface area contributed by atoms with E-state index >= 15 is 0 Å². The first kappa shape index (κ1) is 10.8. The van der Waals surface area contributed by atoms with Gasteiger partial charge in [-0.1, -0.05) is 5.16 Å². The largest absolute Gasteiger partial charge is 0.361 e. The molecule has 0 amide bonds. The van der Waals surface area contributed by atoms with E-state index in [1.54, 1.807) is 12.4 Å². The van der Waals surface area contributed by atoms with Gasteiger partial charge in [0.1, 0.15) is 5.76 Å². The van der Waals surface area contributed by atoms with E-state index in [-0.39, 0.29) is 0 Å². The van der Waals surface area contributed by atoms with Gasteiger partial charge in [0.05, 0.1) is 5.69 Å². The summed E-state index contributed by atoms with van der Waals surface area (Å²) in [5, 5.41) is 7.27. The van der Waals surface area contributed by atoms with Gasteiger partial charge < -0.3 is 9.84 Å². The van der Waals surface area contributed by atoms with Crippen LogP contribution in [0.15, 0.2) is 29.0 Å². The maximum Gasteiger partial charge on any atom is 0.138 e. The number of hydrogen-bond donors (Lipinski definition) is 1. The lowest BCUT2D eigenvalue weighted by molar-refractivity contribution is 0.392. The molecule has 2 aromatic rings. The normalized spacial score (nSPS) is 10.6. The molecule has 0 fully saturated rings. The van der Waals surface area contributed by atoms with Gasteiger partial charge in [-0.05, 0) is 31.5 Å². The maximum absolute atomic E-state index is 5.10. The fraction of sp³-hybridized carbons (Fsp3) is 0.333.